The van der Waals surface area contributed by atoms with E-state index in [1.807, 2.05) is 6.07 Å². The summed E-state index contributed by atoms with van der Waals surface area (Å²) in [6.45, 7) is 0. The summed E-state index contributed by atoms with van der Waals surface area (Å²) in [6, 6.07) is 6.18. The molecule has 0 amide bonds. The topological polar surface area (TPSA) is 27.7 Å². The number of halogens is 1. The van der Waals surface area contributed by atoms with E-state index in [2.05, 4.69) is 34.1 Å². The maximum Gasteiger partial charge on any atom is 0.161 e. The minimum absolute atomic E-state index is 0.0617. The van der Waals surface area contributed by atoms with Crippen molar-refractivity contribution in [2.24, 2.45) is 0 Å². The van der Waals surface area contributed by atoms with Gasteiger partial charge in [0, 0.05) is 10.2 Å². The summed E-state index contributed by atoms with van der Waals surface area (Å²) < 4.78 is 16.0. The lowest BCUT2D eigenvalue weighted by molar-refractivity contribution is 0.316. The van der Waals surface area contributed by atoms with Crippen LogP contribution < -0.4 is 9.47 Å². The molecule has 3 nitrogen and oxygen atoms in total. The van der Waals surface area contributed by atoms with Gasteiger partial charge in [-0.3, -0.25) is 0 Å². The van der Waals surface area contributed by atoms with Crippen molar-refractivity contribution in [3.05, 3.63) is 36.1 Å². The van der Waals surface area contributed by atoms with Crippen LogP contribution in [0.4, 0.5) is 0 Å². The van der Waals surface area contributed by atoms with E-state index in [0.717, 1.165) is 24.3 Å². The summed E-state index contributed by atoms with van der Waals surface area (Å²) in [7, 11) is 5.02. The minimum Gasteiger partial charge on any atom is -0.505 e. The molecule has 1 aliphatic rings. The van der Waals surface area contributed by atoms with Crippen molar-refractivity contribution in [3.63, 3.8) is 0 Å². The Labute approximate surface area is 135 Å². The molecule has 0 spiro atoms. The van der Waals surface area contributed by atoms with Crippen molar-refractivity contribution in [2.75, 3.05) is 21.3 Å². The van der Waals surface area contributed by atoms with Gasteiger partial charge in [-0.1, -0.05) is 34.8 Å². The van der Waals surface area contributed by atoms with Gasteiger partial charge in [0.1, 0.15) is 0 Å². The molecule has 1 saturated carbocycles. The van der Waals surface area contributed by atoms with Gasteiger partial charge in [0.05, 0.1) is 27.6 Å². The van der Waals surface area contributed by atoms with Gasteiger partial charge >= 0.3 is 0 Å². The van der Waals surface area contributed by atoms with Crippen LogP contribution in [-0.2, 0) is 10.2 Å². The van der Waals surface area contributed by atoms with Crippen molar-refractivity contribution in [2.45, 2.75) is 35.9 Å². The zero-order valence-electron chi connectivity index (χ0n) is 12.9. The van der Waals surface area contributed by atoms with Gasteiger partial charge < -0.3 is 14.2 Å². The van der Waals surface area contributed by atoms with Gasteiger partial charge in [-0.05, 0) is 36.6 Å². The standard InChI is InChI=1S/C17H23BrO3/c1-19-11-10-17(9-5-4-6-16(17)18)13-7-8-14(20-2)15(12-13)21-3/h7-8,10-12,16H,4-6,9H2,1-3H3/b11-10+/t16-,17-/m0/s1. The smallest absolute Gasteiger partial charge is 0.161 e. The third-order valence-corrected chi connectivity index (χ3v) is 5.55. The number of allylic oxidation sites excluding steroid dienone is 1. The van der Waals surface area contributed by atoms with Crippen molar-refractivity contribution in [1.82, 2.24) is 0 Å². The molecule has 0 unspecified atom stereocenters. The fraction of sp³-hybridized carbons (Fsp3) is 0.529. The monoisotopic (exact) mass is 354 g/mol. The lowest BCUT2D eigenvalue weighted by Crippen LogP contribution is -2.37. The van der Waals surface area contributed by atoms with Crippen LogP contribution >= 0.6 is 15.9 Å². The van der Waals surface area contributed by atoms with E-state index in [0.29, 0.717) is 4.83 Å². The summed E-state index contributed by atoms with van der Waals surface area (Å²) in [4.78, 5) is 0.392. The minimum atomic E-state index is -0.0617. The van der Waals surface area contributed by atoms with Crippen LogP contribution in [0.3, 0.4) is 0 Å². The van der Waals surface area contributed by atoms with E-state index >= 15 is 0 Å². The Morgan fingerprint density at radius 1 is 1.14 bits per heavy atom. The number of hydrogen-bond donors (Lipinski definition) is 0. The molecule has 0 radical (unpaired) electrons. The predicted molar refractivity (Wildman–Crippen MR) is 88.6 cm³/mol. The summed E-state index contributed by atoms with van der Waals surface area (Å²) in [5.41, 5.74) is 1.17. The Balaban J connectivity index is 2.48. The summed E-state index contributed by atoms with van der Waals surface area (Å²) >= 11 is 3.88. The van der Waals surface area contributed by atoms with Gasteiger partial charge in [-0.15, -0.1) is 0 Å². The normalized spacial score (nSPS) is 25.8. The zero-order valence-corrected chi connectivity index (χ0v) is 14.5. The van der Waals surface area contributed by atoms with E-state index in [9.17, 15) is 0 Å². The Morgan fingerprint density at radius 3 is 2.52 bits per heavy atom. The largest absolute Gasteiger partial charge is 0.505 e. The van der Waals surface area contributed by atoms with Crippen LogP contribution in [0.2, 0.25) is 0 Å². The lowest BCUT2D eigenvalue weighted by Gasteiger charge is -2.40. The molecule has 4 heteroatoms. The second kappa shape index (κ2) is 7.21. The Hall–Kier alpha value is -1.16. The highest BCUT2D eigenvalue weighted by molar-refractivity contribution is 9.09. The Kier molecular flexibility index (Phi) is 5.57. The van der Waals surface area contributed by atoms with Gasteiger partial charge in [0.15, 0.2) is 11.5 Å². The molecule has 1 aliphatic carbocycles. The van der Waals surface area contributed by atoms with Gasteiger partial charge in [0.25, 0.3) is 0 Å². The number of benzene rings is 1. The summed E-state index contributed by atoms with van der Waals surface area (Å²) in [6.07, 6.45) is 8.68. The molecule has 1 aromatic carbocycles. The fourth-order valence-electron chi connectivity index (χ4n) is 3.08. The lowest BCUT2D eigenvalue weighted by atomic mass is 9.69. The van der Waals surface area contributed by atoms with Crippen molar-refractivity contribution >= 4 is 15.9 Å². The van der Waals surface area contributed by atoms with Crippen LogP contribution in [-0.4, -0.2) is 26.2 Å². The number of hydrogen-bond acceptors (Lipinski definition) is 3. The first kappa shape index (κ1) is 16.2. The highest BCUT2D eigenvalue weighted by Crippen LogP contribution is 2.46. The number of rotatable bonds is 5. The van der Waals surface area contributed by atoms with E-state index in [4.69, 9.17) is 14.2 Å². The van der Waals surface area contributed by atoms with Crippen molar-refractivity contribution in [3.8, 4) is 11.5 Å². The second-order valence-electron chi connectivity index (χ2n) is 5.36. The van der Waals surface area contributed by atoms with Crippen molar-refractivity contribution < 1.29 is 14.2 Å². The van der Waals surface area contributed by atoms with E-state index in [-0.39, 0.29) is 5.41 Å². The average molecular weight is 355 g/mol. The summed E-state index contributed by atoms with van der Waals surface area (Å²) in [5, 5.41) is 0. The van der Waals surface area contributed by atoms with Crippen LogP contribution in [0.25, 0.3) is 0 Å². The molecule has 116 valence electrons. The van der Waals surface area contributed by atoms with Crippen LogP contribution in [0.1, 0.15) is 31.2 Å². The second-order valence-corrected chi connectivity index (χ2v) is 6.47. The molecule has 2 rings (SSSR count). The first-order chi connectivity index (χ1) is 10.2. The molecule has 0 saturated heterocycles. The van der Waals surface area contributed by atoms with Crippen LogP contribution in [0.5, 0.6) is 11.5 Å². The van der Waals surface area contributed by atoms with Crippen LogP contribution in [0, 0.1) is 0 Å². The zero-order chi connectivity index (χ0) is 15.3. The highest BCUT2D eigenvalue weighted by atomic mass is 79.9. The molecule has 0 aromatic heterocycles. The fourth-order valence-corrected chi connectivity index (χ4v) is 4.05. The quantitative estimate of drug-likeness (QED) is 0.577. The SMILES string of the molecule is CO/C=C/[C@]1(c2ccc(OC)c(OC)c2)CCCC[C@@H]1Br. The first-order valence-corrected chi connectivity index (χ1v) is 8.16. The molecular formula is C17H23BrO3. The average Bonchev–Trinajstić information content (AvgIpc) is 2.53. The van der Waals surface area contributed by atoms with Gasteiger partial charge in [-0.2, -0.15) is 0 Å². The number of alkyl halides is 1. The maximum atomic E-state index is 5.46. The molecule has 0 heterocycles. The predicted octanol–water partition coefficient (Wildman–Crippen LogP) is 4.44. The van der Waals surface area contributed by atoms with Gasteiger partial charge in [0.2, 0.25) is 0 Å². The first-order valence-electron chi connectivity index (χ1n) is 7.25. The van der Waals surface area contributed by atoms with E-state index in [1.54, 1.807) is 27.6 Å². The molecular weight excluding hydrogens is 332 g/mol. The highest BCUT2D eigenvalue weighted by Gasteiger charge is 2.39. The van der Waals surface area contributed by atoms with E-state index in [1.165, 1.54) is 18.4 Å². The molecule has 1 fully saturated rings. The Bertz CT molecular complexity index is 501. The summed E-state index contributed by atoms with van der Waals surface area (Å²) in [5.74, 6) is 1.53. The molecule has 1 aromatic rings. The van der Waals surface area contributed by atoms with Crippen LogP contribution in [0.15, 0.2) is 30.5 Å². The third-order valence-electron chi connectivity index (χ3n) is 4.28. The third kappa shape index (κ3) is 3.20. The molecule has 2 atom stereocenters. The number of methoxy groups -OCH3 is 3. The maximum absolute atomic E-state index is 5.46. The van der Waals surface area contributed by atoms with E-state index < -0.39 is 0 Å². The molecule has 0 N–H and O–H groups in total. The number of ether oxygens (including phenoxy) is 3. The Morgan fingerprint density at radius 2 is 1.90 bits per heavy atom. The molecule has 21 heavy (non-hydrogen) atoms. The van der Waals surface area contributed by atoms with Crippen molar-refractivity contribution in [1.29, 1.82) is 0 Å². The van der Waals surface area contributed by atoms with Gasteiger partial charge in [-0.25, -0.2) is 0 Å². The molecule has 0 bridgehead atoms. The molecule has 0 aliphatic heterocycles.